The van der Waals surface area contributed by atoms with Gasteiger partial charge in [-0.2, -0.15) is 0 Å². The zero-order valence-corrected chi connectivity index (χ0v) is 21.6. The normalized spacial score (nSPS) is 18.3. The molecule has 0 saturated heterocycles. The summed E-state index contributed by atoms with van der Waals surface area (Å²) in [5.41, 5.74) is -1.47. The van der Waals surface area contributed by atoms with E-state index in [1.165, 1.54) is 37.4 Å². The Kier molecular flexibility index (Phi) is 7.73. The van der Waals surface area contributed by atoms with Gasteiger partial charge in [-0.25, -0.2) is 8.78 Å². The summed E-state index contributed by atoms with van der Waals surface area (Å²) in [6, 6.07) is 15.4. The van der Waals surface area contributed by atoms with E-state index in [-0.39, 0.29) is 33.5 Å². The Morgan fingerprint density at radius 2 is 1.87 bits per heavy atom. The number of benzene rings is 3. The molecule has 0 radical (unpaired) electrons. The van der Waals surface area contributed by atoms with Crippen LogP contribution < -0.4 is 15.0 Å². The minimum atomic E-state index is -3.74. The monoisotopic (exact) mass is 544 g/mol. The molecule has 4 rings (SSSR count). The lowest BCUT2D eigenvalue weighted by molar-refractivity contribution is -0.205. The minimum absolute atomic E-state index is 0.000596. The summed E-state index contributed by atoms with van der Waals surface area (Å²) in [5.74, 6) is -4.53. The lowest BCUT2D eigenvalue weighted by Crippen LogP contribution is -2.48. The average Bonchev–Trinajstić information content (AvgIpc) is 3.00. The number of carbonyl (C=O) groups is 2. The number of ether oxygens (including phenoxy) is 1. The van der Waals surface area contributed by atoms with Gasteiger partial charge in [0.1, 0.15) is 5.75 Å². The highest BCUT2D eigenvalue weighted by Gasteiger charge is 2.56. The van der Waals surface area contributed by atoms with Gasteiger partial charge in [0.15, 0.2) is 5.60 Å². The van der Waals surface area contributed by atoms with Gasteiger partial charge in [-0.15, -0.1) is 0 Å². The van der Waals surface area contributed by atoms with E-state index < -0.39 is 37.0 Å². The molecule has 0 aromatic heterocycles. The molecular formula is C28H27ClF2N2O5. The number of anilines is 2. The Balaban J connectivity index is 1.69. The fraction of sp³-hybridized carbons (Fsp3) is 0.286. The molecule has 200 valence electrons. The molecule has 1 atom stereocenters. The van der Waals surface area contributed by atoms with Crippen molar-refractivity contribution in [2.45, 2.75) is 31.3 Å². The molecule has 1 aliphatic heterocycles. The molecule has 3 aromatic rings. The maximum atomic E-state index is 15.0. The number of amides is 2. The fourth-order valence-electron chi connectivity index (χ4n) is 4.59. The van der Waals surface area contributed by atoms with E-state index >= 15 is 0 Å². The first-order valence-corrected chi connectivity index (χ1v) is 12.3. The molecule has 0 spiro atoms. The largest absolute Gasteiger partial charge is 0.495 e. The number of hydrogen-bond donors (Lipinski definition) is 3. The van der Waals surface area contributed by atoms with Gasteiger partial charge in [-0.1, -0.05) is 36.7 Å². The van der Waals surface area contributed by atoms with Crippen molar-refractivity contribution in [1.82, 2.24) is 0 Å². The van der Waals surface area contributed by atoms with Crippen molar-refractivity contribution in [3.63, 3.8) is 0 Å². The van der Waals surface area contributed by atoms with Crippen LogP contribution >= 0.6 is 11.6 Å². The smallest absolute Gasteiger partial charge is 0.284 e. The lowest BCUT2D eigenvalue weighted by Gasteiger charge is -2.33. The van der Waals surface area contributed by atoms with Gasteiger partial charge in [0.05, 0.1) is 25.1 Å². The SMILES string of the molecule is CCc1ccccc1C(=O)Nc1ccc(C(=O)N2CCC(F)(F)[C@](O)(CO)c3cc(Cl)ccc32)cc1OC. The number of hydrogen-bond acceptors (Lipinski definition) is 5. The first kappa shape index (κ1) is 27.5. The molecular weight excluding hydrogens is 518 g/mol. The molecule has 1 heterocycles. The van der Waals surface area contributed by atoms with E-state index in [0.29, 0.717) is 17.7 Å². The molecule has 2 amide bonds. The zero-order valence-electron chi connectivity index (χ0n) is 20.8. The number of fused-ring (bicyclic) bond motifs is 1. The lowest BCUT2D eigenvalue weighted by atomic mass is 9.86. The highest BCUT2D eigenvalue weighted by Crippen LogP contribution is 2.47. The Morgan fingerprint density at radius 3 is 2.55 bits per heavy atom. The Labute approximate surface area is 223 Å². The summed E-state index contributed by atoms with van der Waals surface area (Å²) in [6.45, 7) is 0.245. The number of halogens is 3. The Bertz CT molecular complexity index is 1380. The van der Waals surface area contributed by atoms with Crippen LogP contribution in [0.3, 0.4) is 0 Å². The third kappa shape index (κ3) is 4.84. The van der Waals surface area contributed by atoms with Crippen molar-refractivity contribution in [3.8, 4) is 5.75 Å². The summed E-state index contributed by atoms with van der Waals surface area (Å²) in [4.78, 5) is 27.6. The van der Waals surface area contributed by atoms with Gasteiger partial charge >= 0.3 is 0 Å². The predicted octanol–water partition coefficient (Wildman–Crippen LogP) is 5.03. The van der Waals surface area contributed by atoms with Gasteiger partial charge in [0.2, 0.25) is 0 Å². The summed E-state index contributed by atoms with van der Waals surface area (Å²) < 4.78 is 35.4. The number of methoxy groups -OCH3 is 1. The summed E-state index contributed by atoms with van der Waals surface area (Å²) in [5, 5.41) is 23.4. The number of aliphatic hydroxyl groups excluding tert-OH is 1. The van der Waals surface area contributed by atoms with Crippen molar-refractivity contribution in [2.24, 2.45) is 0 Å². The second-order valence-electron chi connectivity index (χ2n) is 8.97. The van der Waals surface area contributed by atoms with Crippen LogP contribution in [-0.2, 0) is 12.0 Å². The van der Waals surface area contributed by atoms with Crippen LogP contribution in [0.25, 0.3) is 0 Å². The summed E-state index contributed by atoms with van der Waals surface area (Å²) >= 11 is 6.02. The predicted molar refractivity (Wildman–Crippen MR) is 140 cm³/mol. The standard InChI is InChI=1S/C28H27ClF2N2O5/c1-3-17-6-4-5-7-20(17)25(35)32-22-10-8-18(14-24(22)38-2)26(36)33-13-12-28(30,31)27(37,16-34)21-15-19(29)9-11-23(21)33/h4-11,14-15,34,37H,3,12-13,16H2,1-2H3,(H,32,35)/t27-/m0/s1. The second kappa shape index (κ2) is 10.7. The first-order valence-electron chi connectivity index (χ1n) is 12.0. The third-order valence-corrected chi connectivity index (χ3v) is 7.00. The van der Waals surface area contributed by atoms with Crippen molar-refractivity contribution in [1.29, 1.82) is 0 Å². The van der Waals surface area contributed by atoms with Crippen LogP contribution in [0.1, 0.15) is 45.2 Å². The molecule has 38 heavy (non-hydrogen) atoms. The van der Waals surface area contributed by atoms with Gasteiger partial charge < -0.3 is 25.2 Å². The molecule has 1 aliphatic rings. The van der Waals surface area contributed by atoms with Crippen LogP contribution in [0.5, 0.6) is 5.75 Å². The number of alkyl halides is 2. The van der Waals surface area contributed by atoms with Gasteiger partial charge in [0, 0.05) is 34.7 Å². The van der Waals surface area contributed by atoms with Crippen LogP contribution in [-0.4, -0.2) is 48.2 Å². The zero-order chi connectivity index (χ0) is 27.7. The highest BCUT2D eigenvalue weighted by atomic mass is 35.5. The molecule has 0 saturated carbocycles. The van der Waals surface area contributed by atoms with Crippen LogP contribution in [0.15, 0.2) is 60.7 Å². The topological polar surface area (TPSA) is 99.1 Å². The maximum Gasteiger partial charge on any atom is 0.284 e. The number of aliphatic hydroxyl groups is 2. The number of nitrogens with zero attached hydrogens (tertiary/aromatic N) is 1. The number of rotatable bonds is 6. The van der Waals surface area contributed by atoms with Crippen molar-refractivity contribution in [2.75, 3.05) is 30.5 Å². The number of carbonyl (C=O) groups excluding carboxylic acids is 2. The van der Waals surface area contributed by atoms with Crippen molar-refractivity contribution >= 4 is 34.8 Å². The summed E-state index contributed by atoms with van der Waals surface area (Å²) in [7, 11) is 1.38. The van der Waals surface area contributed by atoms with E-state index in [1.807, 2.05) is 19.1 Å². The van der Waals surface area contributed by atoms with Crippen molar-refractivity contribution in [3.05, 3.63) is 87.9 Å². The van der Waals surface area contributed by atoms with Crippen molar-refractivity contribution < 1.29 is 33.3 Å². The van der Waals surface area contributed by atoms with Gasteiger partial charge in [-0.3, -0.25) is 9.59 Å². The maximum absolute atomic E-state index is 15.0. The molecule has 0 aliphatic carbocycles. The second-order valence-corrected chi connectivity index (χ2v) is 9.41. The third-order valence-electron chi connectivity index (χ3n) is 6.76. The quantitative estimate of drug-likeness (QED) is 0.404. The Morgan fingerprint density at radius 1 is 1.13 bits per heavy atom. The number of aryl methyl sites for hydroxylation is 1. The molecule has 0 bridgehead atoms. The highest BCUT2D eigenvalue weighted by molar-refractivity contribution is 6.30. The molecule has 3 aromatic carbocycles. The van der Waals surface area contributed by atoms with E-state index in [9.17, 15) is 28.6 Å². The molecule has 10 heteroatoms. The van der Waals surface area contributed by atoms with Crippen LogP contribution in [0.4, 0.5) is 20.2 Å². The van der Waals surface area contributed by atoms with E-state index in [4.69, 9.17) is 16.3 Å². The summed E-state index contributed by atoms with van der Waals surface area (Å²) in [6.07, 6.45) is -0.231. The van der Waals surface area contributed by atoms with E-state index in [1.54, 1.807) is 12.1 Å². The first-order chi connectivity index (χ1) is 18.1. The Hall–Kier alpha value is -3.53. The van der Waals surface area contributed by atoms with Gasteiger partial charge in [-0.05, 0) is 54.4 Å². The van der Waals surface area contributed by atoms with Crippen LogP contribution in [0.2, 0.25) is 5.02 Å². The minimum Gasteiger partial charge on any atom is -0.495 e. The number of nitrogens with one attached hydrogen (secondary N) is 1. The van der Waals surface area contributed by atoms with E-state index in [0.717, 1.165) is 16.5 Å². The fourth-order valence-corrected chi connectivity index (χ4v) is 4.76. The molecule has 3 N–H and O–H groups in total. The average molecular weight is 545 g/mol. The molecule has 0 unspecified atom stereocenters. The molecule has 0 fully saturated rings. The molecule has 7 nitrogen and oxygen atoms in total. The van der Waals surface area contributed by atoms with Crippen LogP contribution in [0, 0.1) is 0 Å². The van der Waals surface area contributed by atoms with Gasteiger partial charge in [0.25, 0.3) is 17.7 Å². The van der Waals surface area contributed by atoms with E-state index in [2.05, 4.69) is 5.32 Å².